The van der Waals surface area contributed by atoms with Crippen LogP contribution in [0.1, 0.15) is 0 Å². The van der Waals surface area contributed by atoms with Crippen molar-refractivity contribution >= 4 is 23.1 Å². The van der Waals surface area contributed by atoms with Crippen molar-refractivity contribution in [1.29, 1.82) is 0 Å². The molecule has 2 N–H and O–H groups in total. The molecule has 2 aromatic heterocycles. The molecule has 18 heavy (non-hydrogen) atoms. The van der Waals surface area contributed by atoms with E-state index in [0.717, 1.165) is 5.56 Å². The summed E-state index contributed by atoms with van der Waals surface area (Å²) in [4.78, 5) is 4.37. The summed E-state index contributed by atoms with van der Waals surface area (Å²) in [5.41, 5.74) is 7.87. The summed E-state index contributed by atoms with van der Waals surface area (Å²) in [5.74, 6) is 0.00917. The predicted octanol–water partition coefficient (Wildman–Crippen LogP) is 3.38. The molecule has 3 nitrogen and oxygen atoms in total. The normalized spacial score (nSPS) is 11.0. The van der Waals surface area contributed by atoms with Crippen molar-refractivity contribution in [1.82, 2.24) is 9.38 Å². The molecule has 0 radical (unpaired) electrons. The van der Waals surface area contributed by atoms with Crippen molar-refractivity contribution in [3.8, 4) is 11.3 Å². The largest absolute Gasteiger partial charge is 0.383 e. The molecule has 0 bridgehead atoms. The van der Waals surface area contributed by atoms with Crippen LogP contribution in [0.5, 0.6) is 0 Å². The summed E-state index contributed by atoms with van der Waals surface area (Å²) in [6, 6.07) is 10.2. The van der Waals surface area contributed by atoms with Crippen LogP contribution in [0, 0.1) is 5.82 Å². The zero-order chi connectivity index (χ0) is 12.7. The van der Waals surface area contributed by atoms with Crippen LogP contribution in [0.15, 0.2) is 42.6 Å². The third-order valence-corrected chi connectivity index (χ3v) is 3.08. The van der Waals surface area contributed by atoms with E-state index in [1.807, 2.05) is 18.2 Å². The van der Waals surface area contributed by atoms with Gasteiger partial charge in [0.1, 0.15) is 23.0 Å². The molecule has 0 aliphatic rings. The van der Waals surface area contributed by atoms with Gasteiger partial charge in [0.05, 0.1) is 5.02 Å². The second kappa shape index (κ2) is 3.99. The number of hydrogen-bond acceptors (Lipinski definition) is 2. The van der Waals surface area contributed by atoms with Crippen molar-refractivity contribution in [2.45, 2.75) is 0 Å². The number of anilines is 1. The highest BCUT2D eigenvalue weighted by Gasteiger charge is 2.13. The lowest BCUT2D eigenvalue weighted by atomic mass is 10.1. The molecule has 2 heterocycles. The van der Waals surface area contributed by atoms with Gasteiger partial charge in [0.2, 0.25) is 0 Å². The fourth-order valence-corrected chi connectivity index (χ4v) is 2.11. The van der Waals surface area contributed by atoms with Gasteiger partial charge in [-0.3, -0.25) is 4.40 Å². The van der Waals surface area contributed by atoms with Crippen LogP contribution in [0.2, 0.25) is 5.02 Å². The topological polar surface area (TPSA) is 43.3 Å². The Balaban J connectivity index is 2.31. The molecule has 0 aliphatic heterocycles. The van der Waals surface area contributed by atoms with Crippen molar-refractivity contribution in [3.05, 3.63) is 53.4 Å². The second-order valence-electron chi connectivity index (χ2n) is 3.90. The van der Waals surface area contributed by atoms with Gasteiger partial charge in [0, 0.05) is 11.8 Å². The van der Waals surface area contributed by atoms with Gasteiger partial charge in [-0.25, -0.2) is 9.37 Å². The van der Waals surface area contributed by atoms with E-state index in [0.29, 0.717) is 22.2 Å². The quantitative estimate of drug-likeness (QED) is 0.730. The van der Waals surface area contributed by atoms with Gasteiger partial charge in [-0.05, 0) is 18.2 Å². The monoisotopic (exact) mass is 261 g/mol. The van der Waals surface area contributed by atoms with E-state index in [-0.39, 0.29) is 5.82 Å². The summed E-state index contributed by atoms with van der Waals surface area (Å²) >= 11 is 6.11. The minimum atomic E-state index is -0.364. The molecule has 3 rings (SSSR count). The first kappa shape index (κ1) is 11.0. The fourth-order valence-electron chi connectivity index (χ4n) is 1.89. The van der Waals surface area contributed by atoms with E-state index in [1.165, 1.54) is 16.7 Å². The maximum absolute atomic E-state index is 13.2. The summed E-state index contributed by atoms with van der Waals surface area (Å²) < 4.78 is 14.7. The third-order valence-electron chi connectivity index (χ3n) is 2.75. The van der Waals surface area contributed by atoms with Gasteiger partial charge >= 0.3 is 0 Å². The lowest BCUT2D eigenvalue weighted by Crippen LogP contribution is -1.95. The maximum Gasteiger partial charge on any atom is 0.140 e. The van der Waals surface area contributed by atoms with Crippen molar-refractivity contribution in [3.63, 3.8) is 0 Å². The zero-order valence-corrected chi connectivity index (χ0v) is 10.0. The average molecular weight is 262 g/mol. The number of imidazole rings is 1. The van der Waals surface area contributed by atoms with Crippen molar-refractivity contribution < 1.29 is 4.39 Å². The minimum Gasteiger partial charge on any atom is -0.383 e. The van der Waals surface area contributed by atoms with Crippen molar-refractivity contribution in [2.75, 3.05) is 5.73 Å². The van der Waals surface area contributed by atoms with E-state index < -0.39 is 0 Å². The molecule has 90 valence electrons. The molecule has 0 atom stereocenters. The van der Waals surface area contributed by atoms with E-state index in [2.05, 4.69) is 4.98 Å². The number of benzene rings is 1. The van der Waals surface area contributed by atoms with Gasteiger partial charge in [-0.2, -0.15) is 0 Å². The Morgan fingerprint density at radius 3 is 2.72 bits per heavy atom. The highest BCUT2D eigenvalue weighted by atomic mass is 35.5. The standard InChI is InChI=1S/C13H9ClFN3/c14-10-4-2-1-3-9(10)12-13(16)18-7-8(15)5-6-11(18)17-12/h1-7H,16H2. The van der Waals surface area contributed by atoms with Gasteiger partial charge < -0.3 is 5.73 Å². The highest BCUT2D eigenvalue weighted by molar-refractivity contribution is 6.33. The molecule has 0 saturated carbocycles. The Bertz CT molecular complexity index is 736. The van der Waals surface area contributed by atoms with Crippen LogP contribution in [0.4, 0.5) is 10.2 Å². The Morgan fingerprint density at radius 1 is 1.17 bits per heavy atom. The molecular weight excluding hydrogens is 253 g/mol. The summed E-state index contributed by atoms with van der Waals surface area (Å²) in [6.07, 6.45) is 1.30. The SMILES string of the molecule is Nc1c(-c2ccccc2Cl)nc2ccc(F)cn12. The van der Waals surface area contributed by atoms with Gasteiger partial charge in [-0.1, -0.05) is 29.8 Å². The van der Waals surface area contributed by atoms with E-state index >= 15 is 0 Å². The number of nitrogens with two attached hydrogens (primary N) is 1. The molecule has 0 unspecified atom stereocenters. The number of pyridine rings is 1. The number of fused-ring (bicyclic) bond motifs is 1. The Kier molecular flexibility index (Phi) is 2.45. The lowest BCUT2D eigenvalue weighted by molar-refractivity contribution is 0.619. The van der Waals surface area contributed by atoms with Crippen LogP contribution >= 0.6 is 11.6 Å². The molecular formula is C13H9ClFN3. The van der Waals surface area contributed by atoms with Crippen molar-refractivity contribution in [2.24, 2.45) is 0 Å². The smallest absolute Gasteiger partial charge is 0.140 e. The lowest BCUT2D eigenvalue weighted by Gasteiger charge is -2.01. The summed E-state index contributed by atoms with van der Waals surface area (Å²) in [5, 5.41) is 0.563. The molecule has 1 aromatic carbocycles. The van der Waals surface area contributed by atoms with Crippen LogP contribution in [-0.2, 0) is 0 Å². The van der Waals surface area contributed by atoms with Crippen LogP contribution in [0.3, 0.4) is 0 Å². The number of halogens is 2. The van der Waals surface area contributed by atoms with E-state index in [1.54, 1.807) is 12.1 Å². The third kappa shape index (κ3) is 1.62. The number of nitrogens with zero attached hydrogens (tertiary/aromatic N) is 2. The number of rotatable bonds is 1. The van der Waals surface area contributed by atoms with E-state index in [9.17, 15) is 4.39 Å². The number of aromatic nitrogens is 2. The molecule has 0 aliphatic carbocycles. The predicted molar refractivity (Wildman–Crippen MR) is 70.0 cm³/mol. The fraction of sp³-hybridized carbons (Fsp3) is 0. The summed E-state index contributed by atoms with van der Waals surface area (Å²) in [7, 11) is 0. The Labute approximate surface area is 108 Å². The van der Waals surface area contributed by atoms with Gasteiger partial charge in [0.15, 0.2) is 0 Å². The molecule has 3 aromatic rings. The van der Waals surface area contributed by atoms with Crippen LogP contribution in [-0.4, -0.2) is 9.38 Å². The van der Waals surface area contributed by atoms with Gasteiger partial charge in [0.25, 0.3) is 0 Å². The maximum atomic E-state index is 13.2. The van der Waals surface area contributed by atoms with E-state index in [4.69, 9.17) is 17.3 Å². The second-order valence-corrected chi connectivity index (χ2v) is 4.31. The Morgan fingerprint density at radius 2 is 1.94 bits per heavy atom. The number of hydrogen-bond donors (Lipinski definition) is 1. The summed E-state index contributed by atoms with van der Waals surface area (Å²) in [6.45, 7) is 0. The molecule has 0 amide bonds. The minimum absolute atomic E-state index is 0.364. The first-order valence-corrected chi connectivity index (χ1v) is 5.72. The highest BCUT2D eigenvalue weighted by Crippen LogP contribution is 2.31. The average Bonchev–Trinajstić information content (AvgIpc) is 2.68. The van der Waals surface area contributed by atoms with Crippen LogP contribution < -0.4 is 5.73 Å². The zero-order valence-electron chi connectivity index (χ0n) is 9.27. The molecule has 0 spiro atoms. The number of nitrogen functional groups attached to an aromatic ring is 1. The molecule has 5 heteroatoms. The molecule has 0 saturated heterocycles. The molecule has 0 fully saturated rings. The Hall–Kier alpha value is -2.07. The van der Waals surface area contributed by atoms with Crippen LogP contribution in [0.25, 0.3) is 16.9 Å². The first-order valence-electron chi connectivity index (χ1n) is 5.35. The first-order chi connectivity index (χ1) is 8.66. The van der Waals surface area contributed by atoms with Gasteiger partial charge in [-0.15, -0.1) is 0 Å².